The molecule has 1 aliphatic rings. The molecule has 2 aromatic carbocycles. The number of nitrogens with zero attached hydrogens (tertiary/aromatic N) is 4. The van der Waals surface area contributed by atoms with Crippen LogP contribution in [0.5, 0.6) is 0 Å². The summed E-state index contributed by atoms with van der Waals surface area (Å²) in [6.07, 6.45) is 4.46. The van der Waals surface area contributed by atoms with Gasteiger partial charge in [-0.15, -0.1) is 0 Å². The molecule has 1 aliphatic heterocycles. The number of carbonyl (C=O) groups excluding carboxylic acids is 2. The number of carbonyl (C=O) groups is 2. The normalized spacial score (nSPS) is 14.5. The maximum atomic E-state index is 13.4. The molecule has 0 atom stereocenters. The summed E-state index contributed by atoms with van der Waals surface area (Å²) < 4.78 is 1.71. The minimum absolute atomic E-state index is 0.0587. The number of fused-ring (bicyclic) bond motifs is 1. The number of hydrogen-bond acceptors (Lipinski definition) is 4. The zero-order valence-corrected chi connectivity index (χ0v) is 18.2. The fraction of sp³-hybridized carbons (Fsp3) is 0.231. The summed E-state index contributed by atoms with van der Waals surface area (Å²) >= 11 is 0. The van der Waals surface area contributed by atoms with Crippen LogP contribution in [0.3, 0.4) is 0 Å². The van der Waals surface area contributed by atoms with Crippen molar-refractivity contribution in [2.24, 2.45) is 11.7 Å². The highest BCUT2D eigenvalue weighted by molar-refractivity contribution is 5.99. The Balaban J connectivity index is 1.42. The number of piperidine rings is 1. The lowest BCUT2D eigenvalue weighted by molar-refractivity contribution is 0.0684. The van der Waals surface area contributed by atoms with Gasteiger partial charge >= 0.3 is 0 Å². The van der Waals surface area contributed by atoms with Crippen LogP contribution in [0.15, 0.2) is 73.1 Å². The highest BCUT2D eigenvalue weighted by atomic mass is 16.2. The lowest BCUT2D eigenvalue weighted by atomic mass is 9.90. The quantitative estimate of drug-likeness (QED) is 0.514. The Morgan fingerprint density at radius 1 is 0.970 bits per heavy atom. The maximum Gasteiger partial charge on any atom is 0.272 e. The number of nitrogens with two attached hydrogens (primary N) is 1. The monoisotopic (exact) mass is 439 g/mol. The Labute approximate surface area is 191 Å². The first-order valence-electron chi connectivity index (χ1n) is 11.2. The van der Waals surface area contributed by atoms with Crippen molar-refractivity contribution in [2.75, 3.05) is 13.1 Å². The molecule has 2 N–H and O–H groups in total. The van der Waals surface area contributed by atoms with Crippen molar-refractivity contribution < 1.29 is 9.59 Å². The first-order valence-corrected chi connectivity index (χ1v) is 11.2. The minimum Gasteiger partial charge on any atom is -0.364 e. The molecule has 0 unspecified atom stereocenters. The van der Waals surface area contributed by atoms with Crippen molar-refractivity contribution in [3.63, 3.8) is 0 Å². The molecule has 1 fully saturated rings. The third-order valence-corrected chi connectivity index (χ3v) is 6.29. The summed E-state index contributed by atoms with van der Waals surface area (Å²) in [4.78, 5) is 35.8. The van der Waals surface area contributed by atoms with E-state index in [9.17, 15) is 9.59 Å². The van der Waals surface area contributed by atoms with Crippen LogP contribution in [0.2, 0.25) is 0 Å². The molecular formula is C26H25N5O2. The SMILES string of the molecule is NC(=O)c1ncn2c(-c3ccccc3)cc(C(=O)N3CCC(Cc4ccccc4)CC3)nc12. The van der Waals surface area contributed by atoms with Crippen LogP contribution in [0.4, 0.5) is 0 Å². The van der Waals surface area contributed by atoms with E-state index in [0.29, 0.717) is 30.3 Å². The lowest BCUT2D eigenvalue weighted by Gasteiger charge is -2.32. The molecule has 0 spiro atoms. The van der Waals surface area contributed by atoms with E-state index < -0.39 is 5.91 Å². The van der Waals surface area contributed by atoms with Crippen LogP contribution in [0.25, 0.3) is 16.9 Å². The largest absolute Gasteiger partial charge is 0.364 e. The molecule has 7 nitrogen and oxygen atoms in total. The Hall–Kier alpha value is -4.00. The zero-order chi connectivity index (χ0) is 22.8. The van der Waals surface area contributed by atoms with E-state index in [2.05, 4.69) is 34.2 Å². The third-order valence-electron chi connectivity index (χ3n) is 6.29. The standard InChI is InChI=1S/C26H25N5O2/c27-24(32)23-25-29-21(16-22(31(25)17-28-23)20-9-5-2-6-10-20)26(33)30-13-11-19(12-14-30)15-18-7-3-1-4-8-18/h1-10,16-17,19H,11-15H2,(H2,27,32). The first-order chi connectivity index (χ1) is 16.1. The predicted octanol–water partition coefficient (Wildman–Crippen LogP) is 3.59. The summed E-state index contributed by atoms with van der Waals surface area (Å²) in [7, 11) is 0. The van der Waals surface area contributed by atoms with Gasteiger partial charge in [0.1, 0.15) is 12.0 Å². The first kappa shape index (κ1) is 20.9. The van der Waals surface area contributed by atoms with Crippen molar-refractivity contribution in [3.05, 3.63) is 90.0 Å². The van der Waals surface area contributed by atoms with Gasteiger partial charge in [-0.1, -0.05) is 60.7 Å². The van der Waals surface area contributed by atoms with E-state index in [1.165, 1.54) is 11.9 Å². The highest BCUT2D eigenvalue weighted by Gasteiger charge is 2.26. The number of primary amides is 1. The summed E-state index contributed by atoms with van der Waals surface area (Å²) in [5, 5.41) is 0. The Morgan fingerprint density at radius 3 is 2.30 bits per heavy atom. The average molecular weight is 440 g/mol. The van der Waals surface area contributed by atoms with Crippen LogP contribution < -0.4 is 5.73 Å². The number of imidazole rings is 1. The van der Waals surface area contributed by atoms with Gasteiger partial charge in [-0.2, -0.15) is 0 Å². The van der Waals surface area contributed by atoms with E-state index in [0.717, 1.165) is 30.5 Å². The van der Waals surface area contributed by atoms with Gasteiger partial charge in [0.2, 0.25) is 0 Å². The van der Waals surface area contributed by atoms with Gasteiger partial charge in [-0.3, -0.25) is 14.0 Å². The molecule has 7 heteroatoms. The lowest BCUT2D eigenvalue weighted by Crippen LogP contribution is -2.39. The van der Waals surface area contributed by atoms with E-state index in [1.807, 2.05) is 41.3 Å². The van der Waals surface area contributed by atoms with Crippen molar-refractivity contribution in [2.45, 2.75) is 19.3 Å². The second-order valence-corrected chi connectivity index (χ2v) is 8.47. The average Bonchev–Trinajstić information content (AvgIpc) is 3.29. The van der Waals surface area contributed by atoms with E-state index >= 15 is 0 Å². The van der Waals surface area contributed by atoms with Crippen LogP contribution in [0, 0.1) is 5.92 Å². The summed E-state index contributed by atoms with van der Waals surface area (Å²) in [6, 6.07) is 21.9. The minimum atomic E-state index is -0.671. The van der Waals surface area contributed by atoms with Crippen molar-refractivity contribution >= 4 is 17.5 Å². The Kier molecular flexibility index (Phi) is 5.60. The molecule has 0 bridgehead atoms. The van der Waals surface area contributed by atoms with Gasteiger partial charge < -0.3 is 10.6 Å². The summed E-state index contributed by atoms with van der Waals surface area (Å²) in [5.41, 5.74) is 9.13. The van der Waals surface area contributed by atoms with E-state index in [1.54, 1.807) is 10.5 Å². The molecule has 3 heterocycles. The molecule has 0 aliphatic carbocycles. The van der Waals surface area contributed by atoms with Gasteiger partial charge in [-0.25, -0.2) is 9.97 Å². The van der Waals surface area contributed by atoms with Gasteiger partial charge in [0, 0.05) is 13.1 Å². The molecule has 0 saturated carbocycles. The summed E-state index contributed by atoms with van der Waals surface area (Å²) in [6.45, 7) is 1.37. The number of benzene rings is 2. The molecular weight excluding hydrogens is 414 g/mol. The number of rotatable bonds is 5. The zero-order valence-electron chi connectivity index (χ0n) is 18.2. The Morgan fingerprint density at radius 2 is 1.64 bits per heavy atom. The molecule has 166 valence electrons. The van der Waals surface area contributed by atoms with Crippen LogP contribution >= 0.6 is 0 Å². The van der Waals surface area contributed by atoms with Gasteiger partial charge in [0.05, 0.1) is 5.69 Å². The van der Waals surface area contributed by atoms with E-state index in [-0.39, 0.29) is 11.6 Å². The maximum absolute atomic E-state index is 13.4. The number of likely N-dealkylation sites (tertiary alicyclic amines) is 1. The molecule has 5 rings (SSSR count). The molecule has 2 amide bonds. The van der Waals surface area contributed by atoms with Gasteiger partial charge in [-0.05, 0) is 42.4 Å². The predicted molar refractivity (Wildman–Crippen MR) is 126 cm³/mol. The number of hydrogen-bond donors (Lipinski definition) is 1. The molecule has 33 heavy (non-hydrogen) atoms. The van der Waals surface area contributed by atoms with Crippen molar-refractivity contribution in [3.8, 4) is 11.3 Å². The molecule has 4 aromatic rings. The number of amides is 2. The molecule has 2 aromatic heterocycles. The smallest absolute Gasteiger partial charge is 0.272 e. The highest BCUT2D eigenvalue weighted by Crippen LogP contribution is 2.26. The van der Waals surface area contributed by atoms with Crippen LogP contribution in [0.1, 0.15) is 39.4 Å². The summed E-state index contributed by atoms with van der Waals surface area (Å²) in [5.74, 6) is -0.247. The molecule has 0 radical (unpaired) electrons. The van der Waals surface area contributed by atoms with Crippen LogP contribution in [-0.4, -0.2) is 44.2 Å². The fourth-order valence-electron chi connectivity index (χ4n) is 4.53. The Bertz CT molecular complexity index is 1290. The van der Waals surface area contributed by atoms with Crippen molar-refractivity contribution in [1.29, 1.82) is 0 Å². The van der Waals surface area contributed by atoms with Crippen LogP contribution in [-0.2, 0) is 6.42 Å². The van der Waals surface area contributed by atoms with Gasteiger partial charge in [0.25, 0.3) is 11.8 Å². The second kappa shape index (κ2) is 8.86. The van der Waals surface area contributed by atoms with Gasteiger partial charge in [0.15, 0.2) is 11.3 Å². The third kappa shape index (κ3) is 4.22. The number of aromatic nitrogens is 3. The molecule has 1 saturated heterocycles. The van der Waals surface area contributed by atoms with E-state index in [4.69, 9.17) is 5.73 Å². The fourth-order valence-corrected chi connectivity index (χ4v) is 4.53. The van der Waals surface area contributed by atoms with Crippen molar-refractivity contribution in [1.82, 2.24) is 19.3 Å². The topological polar surface area (TPSA) is 93.6 Å². The second-order valence-electron chi connectivity index (χ2n) is 8.47.